The van der Waals surface area contributed by atoms with Gasteiger partial charge >= 0.3 is 24.8 Å². The van der Waals surface area contributed by atoms with Gasteiger partial charge in [0.15, 0.2) is 22.3 Å². The Kier molecular flexibility index (Phi) is 8.21. The van der Waals surface area contributed by atoms with Crippen molar-refractivity contribution in [3.05, 3.63) is 113 Å². The monoisotopic (exact) mass is 713 g/mol. The zero-order chi connectivity index (χ0) is 36.2. The van der Waals surface area contributed by atoms with E-state index in [0.717, 1.165) is 42.7 Å². The molecule has 0 radical (unpaired) electrons. The fraction of sp³-hybridized carbons (Fsp3) is 0.118. The number of hydrogen-bond donors (Lipinski definition) is 1. The highest BCUT2D eigenvalue weighted by Crippen LogP contribution is 2.44. The molecule has 0 saturated carbocycles. The van der Waals surface area contributed by atoms with Gasteiger partial charge in [-0.15, -0.1) is 0 Å². The van der Waals surface area contributed by atoms with Gasteiger partial charge in [-0.05, 0) is 35.9 Å². The molecule has 0 aliphatic carbocycles. The molecular formula is C34H26BF2N5O8S. The van der Waals surface area contributed by atoms with Crippen LogP contribution >= 0.6 is 11.8 Å². The second kappa shape index (κ2) is 12.6. The summed E-state index contributed by atoms with van der Waals surface area (Å²) in [5, 5.41) is 3.10. The predicted octanol–water partition coefficient (Wildman–Crippen LogP) is 3.92. The Hall–Kier alpha value is -6.23. The number of carbonyl (C=O) groups is 5. The van der Waals surface area contributed by atoms with E-state index in [2.05, 4.69) is 5.32 Å². The number of nitrogens with zero attached hydrogens (tertiary/aromatic N) is 4. The van der Waals surface area contributed by atoms with Gasteiger partial charge < -0.3 is 37.1 Å². The number of aromatic nitrogens is 1. The lowest BCUT2D eigenvalue weighted by Crippen LogP contribution is -2.51. The number of benzene rings is 2. The maximum Gasteiger partial charge on any atom is 0.739 e. The van der Waals surface area contributed by atoms with Gasteiger partial charge in [0.25, 0.3) is 11.8 Å². The van der Waals surface area contributed by atoms with Crippen molar-refractivity contribution in [2.24, 2.45) is 0 Å². The third-order valence-corrected chi connectivity index (χ3v) is 9.48. The Labute approximate surface area is 292 Å². The first kappa shape index (κ1) is 33.3. The van der Waals surface area contributed by atoms with Crippen molar-refractivity contribution < 1.29 is 51.3 Å². The Morgan fingerprint density at radius 2 is 1.45 bits per heavy atom. The van der Waals surface area contributed by atoms with Gasteiger partial charge in [-0.3, -0.25) is 24.0 Å². The maximum atomic E-state index is 17.0. The van der Waals surface area contributed by atoms with E-state index in [4.69, 9.17) is 14.2 Å². The lowest BCUT2D eigenvalue weighted by Gasteiger charge is -2.33. The fourth-order valence-electron chi connectivity index (χ4n) is 6.25. The molecule has 0 spiro atoms. The van der Waals surface area contributed by atoms with Crippen LogP contribution in [0.5, 0.6) is 0 Å². The number of imide groups is 2. The van der Waals surface area contributed by atoms with Gasteiger partial charge in [0, 0.05) is 23.5 Å². The van der Waals surface area contributed by atoms with Crippen LogP contribution in [-0.4, -0.2) is 77.7 Å². The van der Waals surface area contributed by atoms with Crippen LogP contribution in [0.25, 0.3) is 5.57 Å². The summed E-state index contributed by atoms with van der Waals surface area (Å²) in [5.41, 5.74) is 1.46. The number of amides is 4. The highest BCUT2D eigenvalue weighted by molar-refractivity contribution is 8.14. The van der Waals surface area contributed by atoms with E-state index in [9.17, 15) is 24.0 Å². The molecule has 0 saturated heterocycles. The fourth-order valence-corrected chi connectivity index (χ4v) is 7.16. The molecule has 13 nitrogen and oxygen atoms in total. The Bertz CT molecular complexity index is 2180. The molecule has 2 aromatic carbocycles. The molecule has 0 atom stereocenters. The number of ether oxygens (including phenoxy) is 3. The molecule has 51 heavy (non-hydrogen) atoms. The Balaban J connectivity index is 1.37. The van der Waals surface area contributed by atoms with Crippen molar-refractivity contribution in [1.29, 1.82) is 0 Å². The van der Waals surface area contributed by atoms with Crippen molar-refractivity contribution in [1.82, 2.24) is 4.48 Å². The van der Waals surface area contributed by atoms with Crippen molar-refractivity contribution in [2.45, 2.75) is 0 Å². The van der Waals surface area contributed by atoms with Crippen molar-refractivity contribution in [3.63, 3.8) is 0 Å². The standard InChI is InChI=1S/C34H26BF2N5O8S/c1-48-25-16-28(43)39(33(25)46)21-13-20(14-22(15-21)40-29(44)17-26(49-2)34(40)47)38-27-11-9-23-32(19-7-5-4-6-8-19)24-10-12-30(51-18-31(45)50-3)42(24)35(36,37)41(23)27/h4-17,38H,18H2,1-3H3. The molecular weight excluding hydrogens is 687 g/mol. The zero-order valence-electron chi connectivity index (χ0n) is 27.1. The van der Waals surface area contributed by atoms with Crippen LogP contribution in [0.1, 0.15) is 11.3 Å². The van der Waals surface area contributed by atoms with Gasteiger partial charge in [0.2, 0.25) is 0 Å². The van der Waals surface area contributed by atoms with Gasteiger partial charge in [0.05, 0.1) is 56.2 Å². The lowest BCUT2D eigenvalue weighted by molar-refractivity contribution is -0.358. The van der Waals surface area contributed by atoms with Crippen molar-refractivity contribution in [3.8, 4) is 0 Å². The van der Waals surface area contributed by atoms with E-state index in [0.29, 0.717) is 11.1 Å². The maximum absolute atomic E-state index is 17.0. The van der Waals surface area contributed by atoms with E-state index >= 15 is 8.63 Å². The van der Waals surface area contributed by atoms with E-state index in [-0.39, 0.29) is 56.6 Å². The van der Waals surface area contributed by atoms with Crippen LogP contribution in [0.2, 0.25) is 0 Å². The first-order valence-corrected chi connectivity index (χ1v) is 16.2. The number of rotatable bonds is 9. The average Bonchev–Trinajstić information content (AvgIpc) is 3.87. The van der Waals surface area contributed by atoms with Gasteiger partial charge in [-0.2, -0.15) is 0 Å². The molecule has 4 aliphatic heterocycles. The molecule has 1 aromatic heterocycles. The number of thioether (sulfide) groups is 1. The average molecular weight is 713 g/mol. The summed E-state index contributed by atoms with van der Waals surface area (Å²) < 4.78 is 50.4. The molecule has 1 N–H and O–H groups in total. The molecule has 0 unspecified atom stereocenters. The van der Waals surface area contributed by atoms with Crippen LogP contribution in [0.3, 0.4) is 0 Å². The summed E-state index contributed by atoms with van der Waals surface area (Å²) in [6, 6.07) is 15.9. The zero-order valence-corrected chi connectivity index (χ0v) is 27.9. The number of methoxy groups -OCH3 is 3. The number of nitrogens with one attached hydrogen (secondary N) is 1. The van der Waals surface area contributed by atoms with E-state index in [1.807, 2.05) is 0 Å². The summed E-state index contributed by atoms with van der Waals surface area (Å²) in [4.78, 5) is 65.6. The van der Waals surface area contributed by atoms with Gasteiger partial charge in [-0.1, -0.05) is 42.1 Å². The topological polar surface area (TPSA) is 139 Å². The Morgan fingerprint density at radius 1 is 0.843 bits per heavy atom. The molecule has 7 rings (SSSR count). The summed E-state index contributed by atoms with van der Waals surface area (Å²) in [6.07, 6.45) is 5.07. The molecule has 0 bridgehead atoms. The van der Waals surface area contributed by atoms with Crippen molar-refractivity contribution >= 4 is 81.8 Å². The molecule has 3 aromatic rings. The minimum Gasteiger partial charge on any atom is -0.491 e. The number of hydrogen-bond acceptors (Lipinski definition) is 10. The second-order valence-corrected chi connectivity index (χ2v) is 12.3. The molecule has 5 heterocycles. The van der Waals surface area contributed by atoms with Crippen molar-refractivity contribution in [2.75, 3.05) is 42.2 Å². The smallest absolute Gasteiger partial charge is 0.491 e. The van der Waals surface area contributed by atoms with Gasteiger partial charge in [0.1, 0.15) is 5.75 Å². The summed E-state index contributed by atoms with van der Waals surface area (Å²) in [7, 11) is 3.65. The van der Waals surface area contributed by atoms with Crippen LogP contribution in [0.15, 0.2) is 102 Å². The minimum absolute atomic E-state index is 0.0489. The Morgan fingerprint density at radius 3 is 2.00 bits per heavy atom. The van der Waals surface area contributed by atoms with E-state index in [1.165, 1.54) is 57.7 Å². The van der Waals surface area contributed by atoms with Gasteiger partial charge in [-0.25, -0.2) is 9.80 Å². The first-order chi connectivity index (χ1) is 24.5. The third kappa shape index (κ3) is 5.42. The quantitative estimate of drug-likeness (QED) is 0.197. The third-order valence-electron chi connectivity index (χ3n) is 8.47. The number of fused-ring (bicyclic) bond motifs is 2. The number of esters is 1. The summed E-state index contributed by atoms with van der Waals surface area (Å²) in [6.45, 7) is -4.62. The summed E-state index contributed by atoms with van der Waals surface area (Å²) in [5.74, 6) is -4.51. The van der Waals surface area contributed by atoms with E-state index in [1.54, 1.807) is 36.4 Å². The van der Waals surface area contributed by atoms with Crippen LogP contribution < -0.4 is 15.1 Å². The number of halogens is 2. The highest BCUT2D eigenvalue weighted by atomic mass is 32.2. The van der Waals surface area contributed by atoms with E-state index < -0.39 is 36.6 Å². The first-order valence-electron chi connectivity index (χ1n) is 15.3. The molecule has 4 amide bonds. The second-order valence-electron chi connectivity index (χ2n) is 11.3. The number of anilines is 4. The minimum atomic E-state index is -4.62. The van der Waals surface area contributed by atoms with Crippen LogP contribution in [-0.2, 0) is 38.2 Å². The summed E-state index contributed by atoms with van der Waals surface area (Å²) >= 11 is 0.906. The van der Waals surface area contributed by atoms with Crippen LogP contribution in [0, 0.1) is 0 Å². The molecule has 0 fully saturated rings. The molecule has 258 valence electrons. The SMILES string of the molecule is COC(=O)CSC1=[N+]2C(=C(c3ccccc3)c3ccc(Nc4cc(N5C(=O)C=C(OC)C5=O)cc(N5C(=O)C=C(OC)C5=O)c4)n3[B-]2(F)F)C=C1. The number of carbonyl (C=O) groups excluding carboxylic acids is 5. The molecule has 4 aliphatic rings. The predicted molar refractivity (Wildman–Crippen MR) is 184 cm³/mol. The van der Waals surface area contributed by atoms with Crippen LogP contribution in [0.4, 0.5) is 31.5 Å². The molecule has 17 heteroatoms. The normalized spacial score (nSPS) is 17.6. The largest absolute Gasteiger partial charge is 0.739 e. The lowest BCUT2D eigenvalue weighted by atomic mass is 9.86. The number of allylic oxidation sites excluding steroid dienone is 1. The highest BCUT2D eigenvalue weighted by Gasteiger charge is 2.55.